The number of carbonyl (C=O) groups excluding carboxylic acids is 1. The highest BCUT2D eigenvalue weighted by molar-refractivity contribution is 7.80. The normalized spacial score (nSPS) is 16.0. The second-order valence-corrected chi connectivity index (χ2v) is 7.15. The van der Waals surface area contributed by atoms with Crippen LogP contribution in [0.15, 0.2) is 24.3 Å². The maximum absolute atomic E-state index is 11.9. The average Bonchev–Trinajstić information content (AvgIpc) is 2.49. The number of hydrogen-bond acceptors (Lipinski definition) is 4. The largest absolute Gasteiger partial charge is 0.379 e. The zero-order valence-corrected chi connectivity index (χ0v) is 14.8. The highest BCUT2D eigenvalue weighted by Gasteiger charge is 2.21. The van der Waals surface area contributed by atoms with Crippen LogP contribution in [0.5, 0.6) is 0 Å². The number of rotatable bonds is 3. The van der Waals surface area contributed by atoms with Gasteiger partial charge in [-0.2, -0.15) is 0 Å². The molecule has 0 radical (unpaired) electrons. The summed E-state index contributed by atoms with van der Waals surface area (Å²) in [6, 6.07) is 8.11. The molecule has 0 bridgehead atoms. The van der Waals surface area contributed by atoms with Gasteiger partial charge in [-0.3, -0.25) is 9.69 Å². The molecule has 1 aliphatic rings. The fourth-order valence-corrected chi connectivity index (χ4v) is 2.37. The highest BCUT2D eigenvalue weighted by atomic mass is 32.1. The minimum absolute atomic E-state index is 0.0982. The Hall–Kier alpha value is -1.50. The molecule has 126 valence electrons. The molecule has 1 aromatic rings. The lowest BCUT2D eigenvalue weighted by atomic mass is 9.96. The Morgan fingerprint density at radius 2 is 1.83 bits per heavy atom. The van der Waals surface area contributed by atoms with E-state index in [9.17, 15) is 4.79 Å². The van der Waals surface area contributed by atoms with Gasteiger partial charge in [0.15, 0.2) is 5.11 Å². The van der Waals surface area contributed by atoms with E-state index >= 15 is 0 Å². The maximum atomic E-state index is 11.9. The van der Waals surface area contributed by atoms with Gasteiger partial charge in [-0.15, -0.1) is 0 Å². The highest BCUT2D eigenvalue weighted by Crippen LogP contribution is 2.14. The van der Waals surface area contributed by atoms with Crippen molar-refractivity contribution < 1.29 is 9.53 Å². The number of nitrogens with zero attached hydrogens (tertiary/aromatic N) is 1. The van der Waals surface area contributed by atoms with Crippen molar-refractivity contribution in [2.45, 2.75) is 27.3 Å². The summed E-state index contributed by atoms with van der Waals surface area (Å²) in [6.45, 7) is 10.0. The average molecular weight is 335 g/mol. The van der Waals surface area contributed by atoms with Crippen molar-refractivity contribution >= 4 is 28.9 Å². The molecule has 1 aromatic carbocycles. The molecule has 0 unspecified atom stereocenters. The molecule has 1 heterocycles. The van der Waals surface area contributed by atoms with Crippen molar-refractivity contribution in [1.29, 1.82) is 0 Å². The molecule has 2 N–H and O–H groups in total. The number of carbonyl (C=O) groups is 1. The monoisotopic (exact) mass is 335 g/mol. The van der Waals surface area contributed by atoms with Crippen LogP contribution in [-0.2, 0) is 16.1 Å². The van der Waals surface area contributed by atoms with Crippen molar-refractivity contribution in [3.05, 3.63) is 29.8 Å². The minimum atomic E-state index is -0.465. The lowest BCUT2D eigenvalue weighted by molar-refractivity contribution is -0.126. The molecule has 0 saturated carbocycles. The maximum Gasteiger partial charge on any atom is 0.231 e. The summed E-state index contributed by atoms with van der Waals surface area (Å²) in [7, 11) is 0. The molecule has 2 rings (SSSR count). The predicted molar refractivity (Wildman–Crippen MR) is 96.4 cm³/mol. The molecule has 1 amide bonds. The third kappa shape index (κ3) is 5.89. The molecular weight excluding hydrogens is 310 g/mol. The number of nitrogens with one attached hydrogen (secondary N) is 2. The van der Waals surface area contributed by atoms with Crippen LogP contribution < -0.4 is 10.6 Å². The van der Waals surface area contributed by atoms with Gasteiger partial charge >= 0.3 is 0 Å². The van der Waals surface area contributed by atoms with Crippen LogP contribution in [0.4, 0.5) is 5.69 Å². The molecule has 0 aliphatic carbocycles. The number of benzene rings is 1. The first-order chi connectivity index (χ1) is 10.8. The third-order valence-corrected chi connectivity index (χ3v) is 3.83. The van der Waals surface area contributed by atoms with Crippen LogP contribution >= 0.6 is 12.2 Å². The molecule has 1 fully saturated rings. The summed E-state index contributed by atoms with van der Waals surface area (Å²) in [5, 5.41) is 6.07. The van der Waals surface area contributed by atoms with E-state index in [-0.39, 0.29) is 5.91 Å². The van der Waals surface area contributed by atoms with Gasteiger partial charge in [-0.1, -0.05) is 32.9 Å². The third-order valence-electron chi connectivity index (χ3n) is 3.63. The second kappa shape index (κ2) is 7.86. The molecule has 6 heteroatoms. The fourth-order valence-electron chi connectivity index (χ4n) is 2.16. The molecular formula is C17H25N3O2S. The van der Waals surface area contributed by atoms with Crippen LogP contribution in [-0.4, -0.2) is 42.2 Å². The van der Waals surface area contributed by atoms with E-state index in [1.807, 2.05) is 32.9 Å². The van der Waals surface area contributed by atoms with E-state index in [2.05, 4.69) is 27.7 Å². The van der Waals surface area contributed by atoms with Crippen molar-refractivity contribution in [3.63, 3.8) is 0 Å². The Morgan fingerprint density at radius 3 is 2.39 bits per heavy atom. The first-order valence-electron chi connectivity index (χ1n) is 7.86. The summed E-state index contributed by atoms with van der Waals surface area (Å²) < 4.78 is 5.36. The molecule has 23 heavy (non-hydrogen) atoms. The number of morpholine rings is 1. The molecule has 0 aromatic heterocycles. The van der Waals surface area contributed by atoms with E-state index in [4.69, 9.17) is 17.0 Å². The van der Waals surface area contributed by atoms with Gasteiger partial charge in [0, 0.05) is 30.7 Å². The van der Waals surface area contributed by atoms with Crippen molar-refractivity contribution in [3.8, 4) is 0 Å². The van der Waals surface area contributed by atoms with Gasteiger partial charge in [0.2, 0.25) is 5.91 Å². The molecule has 5 nitrogen and oxygen atoms in total. The second-order valence-electron chi connectivity index (χ2n) is 6.74. The van der Waals surface area contributed by atoms with Gasteiger partial charge in [-0.25, -0.2) is 0 Å². The van der Waals surface area contributed by atoms with Crippen LogP contribution in [0.3, 0.4) is 0 Å². The molecule has 1 aliphatic heterocycles. The Labute approximate surface area is 143 Å². The molecule has 1 saturated heterocycles. The van der Waals surface area contributed by atoms with Crippen molar-refractivity contribution in [2.75, 3.05) is 31.6 Å². The number of ether oxygens (including phenoxy) is 1. The molecule has 0 atom stereocenters. The SMILES string of the molecule is CC(C)(C)C(=O)NC(=S)Nc1ccc(CN2CCOCC2)cc1. The topological polar surface area (TPSA) is 53.6 Å². The van der Waals surface area contributed by atoms with E-state index in [0.29, 0.717) is 5.11 Å². The Morgan fingerprint density at radius 1 is 1.22 bits per heavy atom. The lowest BCUT2D eigenvalue weighted by Gasteiger charge is -2.26. The number of thiocarbonyl (C=S) groups is 1. The molecule has 0 spiro atoms. The quantitative estimate of drug-likeness (QED) is 0.831. The van der Waals surface area contributed by atoms with E-state index < -0.39 is 5.41 Å². The first kappa shape index (κ1) is 17.8. The van der Waals surface area contributed by atoms with Gasteiger partial charge < -0.3 is 15.4 Å². The predicted octanol–water partition coefficient (Wildman–Crippen LogP) is 2.38. The van der Waals surface area contributed by atoms with Crippen LogP contribution in [0.2, 0.25) is 0 Å². The van der Waals surface area contributed by atoms with E-state index in [1.165, 1.54) is 5.56 Å². The number of hydrogen-bond donors (Lipinski definition) is 2. The zero-order chi connectivity index (χ0) is 16.9. The van der Waals surface area contributed by atoms with Crippen LogP contribution in [0.25, 0.3) is 0 Å². The summed E-state index contributed by atoms with van der Waals surface area (Å²) >= 11 is 5.18. The number of amides is 1. The zero-order valence-electron chi connectivity index (χ0n) is 14.0. The standard InChI is InChI=1S/C17H25N3O2S/c1-17(2,3)15(21)19-16(23)18-14-6-4-13(5-7-14)12-20-8-10-22-11-9-20/h4-7H,8-12H2,1-3H3,(H2,18,19,21,23). The van der Waals surface area contributed by atoms with Gasteiger partial charge in [0.1, 0.15) is 0 Å². The van der Waals surface area contributed by atoms with Crippen LogP contribution in [0.1, 0.15) is 26.3 Å². The lowest BCUT2D eigenvalue weighted by Crippen LogP contribution is -2.41. The summed E-state index contributed by atoms with van der Waals surface area (Å²) in [4.78, 5) is 14.3. The Kier molecular flexibility index (Phi) is 6.10. The number of anilines is 1. The Bertz CT molecular complexity index is 546. The van der Waals surface area contributed by atoms with Gasteiger partial charge in [-0.05, 0) is 29.9 Å². The van der Waals surface area contributed by atoms with Gasteiger partial charge in [0.05, 0.1) is 13.2 Å². The summed E-state index contributed by atoms with van der Waals surface area (Å²) in [5.41, 5.74) is 1.66. The Balaban J connectivity index is 1.84. The summed E-state index contributed by atoms with van der Waals surface area (Å²) in [6.07, 6.45) is 0. The van der Waals surface area contributed by atoms with Crippen molar-refractivity contribution in [1.82, 2.24) is 10.2 Å². The van der Waals surface area contributed by atoms with Crippen LogP contribution in [0, 0.1) is 5.41 Å². The fraction of sp³-hybridized carbons (Fsp3) is 0.529. The van der Waals surface area contributed by atoms with E-state index in [1.54, 1.807) is 0 Å². The summed E-state index contributed by atoms with van der Waals surface area (Å²) in [5.74, 6) is -0.0982. The smallest absolute Gasteiger partial charge is 0.231 e. The minimum Gasteiger partial charge on any atom is -0.379 e. The van der Waals surface area contributed by atoms with E-state index in [0.717, 1.165) is 38.5 Å². The van der Waals surface area contributed by atoms with Gasteiger partial charge in [0.25, 0.3) is 0 Å². The first-order valence-corrected chi connectivity index (χ1v) is 8.27. The van der Waals surface area contributed by atoms with Crippen molar-refractivity contribution in [2.24, 2.45) is 5.41 Å².